The van der Waals surface area contributed by atoms with Gasteiger partial charge >= 0.3 is 0 Å². The molecule has 6 heteroatoms. The van der Waals surface area contributed by atoms with Gasteiger partial charge in [0.05, 0.1) is 19.3 Å². The summed E-state index contributed by atoms with van der Waals surface area (Å²) in [5.41, 5.74) is 1.05. The van der Waals surface area contributed by atoms with E-state index in [-0.39, 0.29) is 6.10 Å². The lowest BCUT2D eigenvalue weighted by Gasteiger charge is -2.30. The maximum Gasteiger partial charge on any atom is 0.209 e. The number of morpholine rings is 1. The summed E-state index contributed by atoms with van der Waals surface area (Å²) < 4.78 is 11.7. The molecule has 4 rings (SSSR count). The van der Waals surface area contributed by atoms with Crippen molar-refractivity contribution in [1.29, 1.82) is 0 Å². The summed E-state index contributed by atoms with van der Waals surface area (Å²) in [6.45, 7) is 3.09. The fourth-order valence-corrected chi connectivity index (χ4v) is 3.38. The highest BCUT2D eigenvalue weighted by Gasteiger charge is 2.24. The number of aromatic nitrogens is 2. The van der Waals surface area contributed by atoms with E-state index in [9.17, 15) is 0 Å². The molecule has 0 unspecified atom stereocenters. The van der Waals surface area contributed by atoms with Gasteiger partial charge in [0.2, 0.25) is 5.89 Å². The van der Waals surface area contributed by atoms with Gasteiger partial charge in [0.1, 0.15) is 11.1 Å². The van der Waals surface area contributed by atoms with Crippen molar-refractivity contribution in [2.75, 3.05) is 19.7 Å². The highest BCUT2D eigenvalue weighted by molar-refractivity contribution is 7.09. The third kappa shape index (κ3) is 3.34. The Kier molecular flexibility index (Phi) is 4.19. The number of ether oxygens (including phenoxy) is 1. The van der Waals surface area contributed by atoms with Gasteiger partial charge in [-0.15, -0.1) is 11.3 Å². The summed E-state index contributed by atoms with van der Waals surface area (Å²) in [4.78, 5) is 11.1. The van der Waals surface area contributed by atoms with Gasteiger partial charge in [-0.1, -0.05) is 30.3 Å². The van der Waals surface area contributed by atoms with E-state index >= 15 is 0 Å². The largest absolute Gasteiger partial charge is 0.439 e. The van der Waals surface area contributed by atoms with Crippen LogP contribution in [0.2, 0.25) is 0 Å². The fraction of sp³-hybridized carbons (Fsp3) is 0.294. The summed E-state index contributed by atoms with van der Waals surface area (Å²) >= 11 is 1.64. The lowest BCUT2D eigenvalue weighted by Crippen LogP contribution is -2.37. The smallest absolute Gasteiger partial charge is 0.209 e. The van der Waals surface area contributed by atoms with Crippen LogP contribution in [0.1, 0.15) is 17.0 Å². The minimum absolute atomic E-state index is 0.0484. The summed E-state index contributed by atoms with van der Waals surface area (Å²) in [5.74, 6) is 1.55. The van der Waals surface area contributed by atoms with Gasteiger partial charge in [0, 0.05) is 30.2 Å². The van der Waals surface area contributed by atoms with Gasteiger partial charge in [0.25, 0.3) is 0 Å². The fourth-order valence-electron chi connectivity index (χ4n) is 2.70. The van der Waals surface area contributed by atoms with Crippen molar-refractivity contribution in [3.05, 3.63) is 59.0 Å². The summed E-state index contributed by atoms with van der Waals surface area (Å²) in [6.07, 6.45) is 3.67. The average Bonchev–Trinajstić information content (AvgIpc) is 3.28. The number of hydrogen-bond donors (Lipinski definition) is 0. The number of thiazole rings is 1. The second kappa shape index (κ2) is 6.62. The molecule has 118 valence electrons. The molecule has 23 heavy (non-hydrogen) atoms. The minimum Gasteiger partial charge on any atom is -0.439 e. The van der Waals surface area contributed by atoms with Crippen LogP contribution in [-0.4, -0.2) is 34.6 Å². The van der Waals surface area contributed by atoms with Gasteiger partial charge in [0.15, 0.2) is 5.76 Å². The molecule has 1 aliphatic heterocycles. The van der Waals surface area contributed by atoms with Crippen molar-refractivity contribution < 1.29 is 9.15 Å². The zero-order valence-corrected chi connectivity index (χ0v) is 13.4. The maximum atomic E-state index is 5.89. The molecule has 5 nitrogen and oxygen atoms in total. The van der Waals surface area contributed by atoms with Gasteiger partial charge in [-0.3, -0.25) is 4.90 Å². The Bertz CT molecular complexity index is 742. The number of nitrogens with zero attached hydrogens (tertiary/aromatic N) is 3. The van der Waals surface area contributed by atoms with Crippen LogP contribution < -0.4 is 0 Å². The van der Waals surface area contributed by atoms with Crippen LogP contribution in [0.3, 0.4) is 0 Å². The quantitative estimate of drug-likeness (QED) is 0.735. The molecule has 1 aromatic carbocycles. The second-order valence-electron chi connectivity index (χ2n) is 5.45. The van der Waals surface area contributed by atoms with Gasteiger partial charge < -0.3 is 9.15 Å². The summed E-state index contributed by atoms with van der Waals surface area (Å²) in [6, 6.07) is 10.0. The Morgan fingerprint density at radius 1 is 1.22 bits per heavy atom. The van der Waals surface area contributed by atoms with Crippen molar-refractivity contribution in [2.45, 2.75) is 12.6 Å². The van der Waals surface area contributed by atoms with Crippen LogP contribution in [0.15, 0.2) is 52.5 Å². The molecule has 3 heterocycles. The molecule has 0 spiro atoms. The van der Waals surface area contributed by atoms with Crippen molar-refractivity contribution >= 4 is 11.3 Å². The van der Waals surface area contributed by atoms with E-state index in [1.807, 2.05) is 41.9 Å². The zero-order valence-electron chi connectivity index (χ0n) is 12.6. The monoisotopic (exact) mass is 327 g/mol. The highest BCUT2D eigenvalue weighted by atomic mass is 32.1. The van der Waals surface area contributed by atoms with Crippen molar-refractivity contribution in [3.63, 3.8) is 0 Å². The molecule has 1 saturated heterocycles. The molecule has 0 saturated carbocycles. The third-order valence-corrected chi connectivity index (χ3v) is 4.72. The second-order valence-corrected chi connectivity index (χ2v) is 6.38. The maximum absolute atomic E-state index is 5.89. The predicted molar refractivity (Wildman–Crippen MR) is 88.0 cm³/mol. The molecule has 0 aliphatic carbocycles. The minimum atomic E-state index is 0.0484. The summed E-state index contributed by atoms with van der Waals surface area (Å²) in [5, 5.41) is 3.02. The molecule has 0 bridgehead atoms. The molecule has 0 radical (unpaired) electrons. The van der Waals surface area contributed by atoms with Gasteiger partial charge in [-0.05, 0) is 0 Å². The molecule has 0 amide bonds. The number of oxazole rings is 1. The summed E-state index contributed by atoms with van der Waals surface area (Å²) in [7, 11) is 0. The van der Waals surface area contributed by atoms with Gasteiger partial charge in [-0.25, -0.2) is 9.97 Å². The van der Waals surface area contributed by atoms with E-state index in [0.717, 1.165) is 35.3 Å². The van der Waals surface area contributed by atoms with E-state index < -0.39 is 0 Å². The van der Waals surface area contributed by atoms with Crippen LogP contribution in [0.25, 0.3) is 11.3 Å². The Balaban J connectivity index is 1.43. The van der Waals surface area contributed by atoms with Crippen molar-refractivity contribution in [3.8, 4) is 11.3 Å². The van der Waals surface area contributed by atoms with Crippen LogP contribution >= 0.6 is 11.3 Å². The van der Waals surface area contributed by atoms with Crippen LogP contribution in [0.4, 0.5) is 0 Å². The first-order chi connectivity index (χ1) is 11.4. The number of rotatable bonds is 4. The zero-order chi connectivity index (χ0) is 15.5. The van der Waals surface area contributed by atoms with Gasteiger partial charge in [-0.2, -0.15) is 0 Å². The predicted octanol–water partition coefficient (Wildman–Crippen LogP) is 3.37. The van der Waals surface area contributed by atoms with Crippen LogP contribution in [0, 0.1) is 0 Å². The van der Waals surface area contributed by atoms with E-state index in [1.165, 1.54) is 0 Å². The number of hydrogen-bond acceptors (Lipinski definition) is 6. The molecular formula is C17H17N3O2S. The standard InChI is InChI=1S/C17H17N3O2S/c1-2-4-13(5-3-1)14-10-19-16(22-14)12-20-7-8-21-15(11-20)17-18-6-9-23-17/h1-6,9-10,15H,7-8,11-12H2/t15-/m1/s1. The number of benzene rings is 1. The lowest BCUT2D eigenvalue weighted by atomic mass is 10.2. The highest BCUT2D eigenvalue weighted by Crippen LogP contribution is 2.25. The molecule has 1 fully saturated rings. The molecule has 2 aromatic heterocycles. The van der Waals surface area contributed by atoms with Crippen molar-refractivity contribution in [1.82, 2.24) is 14.9 Å². The first-order valence-corrected chi connectivity index (χ1v) is 8.50. The normalized spacial score (nSPS) is 19.0. The Hall–Kier alpha value is -2.02. The Morgan fingerprint density at radius 3 is 2.96 bits per heavy atom. The first kappa shape index (κ1) is 14.6. The SMILES string of the molecule is c1ccc(-c2cnc(CN3CCO[C@@H](c4nccs4)C3)o2)cc1. The molecular weight excluding hydrogens is 310 g/mol. The average molecular weight is 327 g/mol. The van der Waals surface area contributed by atoms with E-state index in [2.05, 4.69) is 14.9 Å². The molecule has 0 N–H and O–H groups in total. The van der Waals surface area contributed by atoms with E-state index in [4.69, 9.17) is 9.15 Å². The molecule has 3 aromatic rings. The molecule has 1 aliphatic rings. The Morgan fingerprint density at radius 2 is 2.13 bits per heavy atom. The topological polar surface area (TPSA) is 51.4 Å². The van der Waals surface area contributed by atoms with E-state index in [0.29, 0.717) is 13.2 Å². The van der Waals surface area contributed by atoms with Crippen molar-refractivity contribution in [2.24, 2.45) is 0 Å². The lowest BCUT2D eigenvalue weighted by molar-refractivity contribution is -0.0351. The molecule has 1 atom stereocenters. The first-order valence-electron chi connectivity index (χ1n) is 7.62. The van der Waals surface area contributed by atoms with Crippen LogP contribution in [-0.2, 0) is 11.3 Å². The van der Waals surface area contributed by atoms with E-state index in [1.54, 1.807) is 17.5 Å². The third-order valence-electron chi connectivity index (χ3n) is 3.85. The Labute approximate surface area is 138 Å². The van der Waals surface area contributed by atoms with Crippen LogP contribution in [0.5, 0.6) is 0 Å².